The molecule has 1 fully saturated rings. The van der Waals surface area contributed by atoms with Crippen molar-refractivity contribution in [1.82, 2.24) is 4.90 Å². The molecule has 0 unspecified atom stereocenters. The molecule has 23 heavy (non-hydrogen) atoms. The number of furan rings is 1. The number of carbonyl (C=O) groups excluding carboxylic acids is 1. The van der Waals surface area contributed by atoms with Crippen molar-refractivity contribution < 1.29 is 13.9 Å². The molecular formula is C16H14ClNO3S2. The van der Waals surface area contributed by atoms with Gasteiger partial charge >= 0.3 is 0 Å². The van der Waals surface area contributed by atoms with E-state index in [9.17, 15) is 4.79 Å². The third-order valence-corrected chi connectivity index (χ3v) is 5.42. The van der Waals surface area contributed by atoms with Gasteiger partial charge in [0.15, 0.2) is 0 Å². The fourth-order valence-corrected chi connectivity index (χ4v) is 4.19. The molecular weight excluding hydrogens is 354 g/mol. The monoisotopic (exact) mass is 367 g/mol. The summed E-state index contributed by atoms with van der Waals surface area (Å²) in [6.45, 7) is 0.373. The average molecular weight is 368 g/mol. The van der Waals surface area contributed by atoms with Crippen LogP contribution in [-0.4, -0.2) is 27.5 Å². The highest BCUT2D eigenvalue weighted by atomic mass is 35.5. The van der Waals surface area contributed by atoms with Crippen LogP contribution in [0.25, 0.3) is 0 Å². The largest absolute Gasteiger partial charge is 0.495 e. The first-order valence-electron chi connectivity index (χ1n) is 6.95. The van der Waals surface area contributed by atoms with Gasteiger partial charge in [-0.3, -0.25) is 9.69 Å². The molecule has 1 aliphatic rings. The van der Waals surface area contributed by atoms with Crippen LogP contribution in [-0.2, 0) is 17.8 Å². The molecule has 120 valence electrons. The van der Waals surface area contributed by atoms with Crippen LogP contribution in [0.2, 0.25) is 5.02 Å². The third kappa shape index (κ3) is 3.54. The van der Waals surface area contributed by atoms with Gasteiger partial charge in [0.2, 0.25) is 5.91 Å². The lowest BCUT2D eigenvalue weighted by atomic mass is 10.1. The Morgan fingerprint density at radius 1 is 1.43 bits per heavy atom. The Morgan fingerprint density at radius 2 is 2.26 bits per heavy atom. The summed E-state index contributed by atoms with van der Waals surface area (Å²) in [6.07, 6.45) is 2.16. The molecule has 0 spiro atoms. The van der Waals surface area contributed by atoms with E-state index >= 15 is 0 Å². The summed E-state index contributed by atoms with van der Waals surface area (Å²) in [5.74, 6) is 1.34. The van der Waals surface area contributed by atoms with E-state index in [2.05, 4.69) is 0 Å². The molecule has 0 bridgehead atoms. The second-order valence-corrected chi connectivity index (χ2v) is 7.29. The first kappa shape index (κ1) is 16.4. The van der Waals surface area contributed by atoms with Crippen molar-refractivity contribution in [2.75, 3.05) is 7.11 Å². The lowest BCUT2D eigenvalue weighted by Crippen LogP contribution is -2.31. The van der Waals surface area contributed by atoms with E-state index in [0.29, 0.717) is 28.1 Å². The number of carbonyl (C=O) groups is 1. The molecule has 0 N–H and O–H groups in total. The number of benzene rings is 1. The van der Waals surface area contributed by atoms with Gasteiger partial charge in [-0.2, -0.15) is 0 Å². The number of methoxy groups -OCH3 is 1. The number of amides is 1. The molecule has 1 saturated heterocycles. The van der Waals surface area contributed by atoms with Crippen molar-refractivity contribution in [3.8, 4) is 5.75 Å². The smallest absolute Gasteiger partial charge is 0.242 e. The van der Waals surface area contributed by atoms with Gasteiger partial charge in [-0.1, -0.05) is 41.6 Å². The molecule has 1 aromatic carbocycles. The van der Waals surface area contributed by atoms with Gasteiger partial charge in [0.05, 0.1) is 30.2 Å². The summed E-state index contributed by atoms with van der Waals surface area (Å²) in [7, 11) is 1.57. The molecule has 1 aromatic heterocycles. The van der Waals surface area contributed by atoms with Gasteiger partial charge in [0, 0.05) is 0 Å². The number of hydrogen-bond acceptors (Lipinski definition) is 5. The van der Waals surface area contributed by atoms with Crippen molar-refractivity contribution in [3.63, 3.8) is 0 Å². The number of thioether (sulfide) groups is 1. The quantitative estimate of drug-likeness (QED) is 0.749. The summed E-state index contributed by atoms with van der Waals surface area (Å²) in [6, 6.07) is 9.17. The summed E-state index contributed by atoms with van der Waals surface area (Å²) < 4.78 is 11.0. The first-order valence-corrected chi connectivity index (χ1v) is 8.62. The highest BCUT2D eigenvalue weighted by molar-refractivity contribution is 8.24. The van der Waals surface area contributed by atoms with Crippen LogP contribution in [0.3, 0.4) is 0 Å². The molecule has 0 aliphatic carbocycles. The number of rotatable bonds is 5. The molecule has 1 atom stereocenters. The molecule has 0 radical (unpaired) electrons. The topological polar surface area (TPSA) is 42.7 Å². The molecule has 0 saturated carbocycles. The van der Waals surface area contributed by atoms with Crippen LogP contribution in [0, 0.1) is 0 Å². The normalized spacial score (nSPS) is 17.8. The average Bonchev–Trinajstić information content (AvgIpc) is 3.12. The summed E-state index contributed by atoms with van der Waals surface area (Å²) >= 11 is 12.9. The Bertz CT molecular complexity index is 733. The van der Waals surface area contributed by atoms with Gasteiger partial charge in [-0.15, -0.1) is 0 Å². The van der Waals surface area contributed by atoms with E-state index in [1.165, 1.54) is 11.8 Å². The Labute approximate surface area is 148 Å². The molecule has 1 aliphatic heterocycles. The van der Waals surface area contributed by atoms with Gasteiger partial charge in [0.25, 0.3) is 0 Å². The maximum atomic E-state index is 12.6. The first-order chi connectivity index (χ1) is 11.1. The van der Waals surface area contributed by atoms with E-state index in [1.54, 1.807) is 30.4 Å². The third-order valence-electron chi connectivity index (χ3n) is 3.54. The minimum absolute atomic E-state index is 0.00309. The second kappa shape index (κ2) is 6.95. The van der Waals surface area contributed by atoms with Gasteiger partial charge in [-0.05, 0) is 36.2 Å². The van der Waals surface area contributed by atoms with E-state index in [-0.39, 0.29) is 11.2 Å². The maximum Gasteiger partial charge on any atom is 0.242 e. The number of halogens is 1. The molecule has 2 aromatic rings. The van der Waals surface area contributed by atoms with Crippen molar-refractivity contribution in [2.24, 2.45) is 0 Å². The lowest BCUT2D eigenvalue weighted by molar-refractivity contribution is -0.126. The van der Waals surface area contributed by atoms with Crippen LogP contribution in [0.15, 0.2) is 41.0 Å². The zero-order valence-corrected chi connectivity index (χ0v) is 14.7. The molecule has 4 nitrogen and oxygen atoms in total. The van der Waals surface area contributed by atoms with Crippen LogP contribution >= 0.6 is 35.6 Å². The number of ether oxygens (including phenoxy) is 1. The van der Waals surface area contributed by atoms with E-state index < -0.39 is 0 Å². The number of hydrogen-bond donors (Lipinski definition) is 0. The SMILES string of the molecule is COc1ccc(C[C@H]2SC(=S)N(Cc3ccco3)C2=O)cc1Cl. The Hall–Kier alpha value is -1.50. The number of nitrogens with zero attached hydrogens (tertiary/aromatic N) is 1. The predicted molar refractivity (Wildman–Crippen MR) is 94.9 cm³/mol. The summed E-state index contributed by atoms with van der Waals surface area (Å²) in [4.78, 5) is 14.2. The van der Waals surface area contributed by atoms with Crippen molar-refractivity contribution in [3.05, 3.63) is 52.9 Å². The Kier molecular flexibility index (Phi) is 4.94. The Balaban J connectivity index is 1.71. The van der Waals surface area contributed by atoms with Gasteiger partial charge in [0.1, 0.15) is 15.8 Å². The van der Waals surface area contributed by atoms with Crippen LogP contribution < -0.4 is 4.74 Å². The van der Waals surface area contributed by atoms with E-state index in [1.807, 2.05) is 18.2 Å². The van der Waals surface area contributed by atoms with Crippen molar-refractivity contribution in [2.45, 2.75) is 18.2 Å². The van der Waals surface area contributed by atoms with E-state index in [0.717, 1.165) is 11.3 Å². The van der Waals surface area contributed by atoms with Crippen molar-refractivity contribution in [1.29, 1.82) is 0 Å². The fourth-order valence-electron chi connectivity index (χ4n) is 2.38. The maximum absolute atomic E-state index is 12.6. The van der Waals surface area contributed by atoms with Crippen LogP contribution in [0.5, 0.6) is 5.75 Å². The summed E-state index contributed by atoms with van der Waals surface area (Å²) in [5.41, 5.74) is 0.976. The van der Waals surface area contributed by atoms with Gasteiger partial charge in [-0.25, -0.2) is 0 Å². The summed E-state index contributed by atoms with van der Waals surface area (Å²) in [5, 5.41) is 0.303. The second-order valence-electron chi connectivity index (χ2n) is 5.05. The number of thiocarbonyl (C=S) groups is 1. The minimum Gasteiger partial charge on any atom is -0.495 e. The van der Waals surface area contributed by atoms with Crippen LogP contribution in [0.1, 0.15) is 11.3 Å². The molecule has 2 heterocycles. The van der Waals surface area contributed by atoms with Gasteiger partial charge < -0.3 is 9.15 Å². The van der Waals surface area contributed by atoms with Crippen molar-refractivity contribution >= 4 is 45.8 Å². The predicted octanol–water partition coefficient (Wildman–Crippen LogP) is 3.91. The molecule has 7 heteroatoms. The zero-order valence-electron chi connectivity index (χ0n) is 12.3. The molecule has 1 amide bonds. The zero-order chi connectivity index (χ0) is 16.4. The fraction of sp³-hybridized carbons (Fsp3) is 0.250. The minimum atomic E-state index is -0.234. The highest BCUT2D eigenvalue weighted by Crippen LogP contribution is 2.33. The lowest BCUT2D eigenvalue weighted by Gasteiger charge is -2.14. The standard InChI is InChI=1S/C16H14ClNO3S2/c1-20-13-5-4-10(7-12(13)17)8-14-15(19)18(16(22)23-14)9-11-3-2-6-21-11/h2-7,14H,8-9H2,1H3/t14-/m1/s1. The Morgan fingerprint density at radius 3 is 2.91 bits per heavy atom. The van der Waals surface area contributed by atoms with E-state index in [4.69, 9.17) is 33.0 Å². The van der Waals surface area contributed by atoms with Crippen LogP contribution in [0.4, 0.5) is 0 Å². The molecule has 3 rings (SSSR count). The highest BCUT2D eigenvalue weighted by Gasteiger charge is 2.37.